The molecule has 0 aliphatic rings. The van der Waals surface area contributed by atoms with Crippen LogP contribution in [0.1, 0.15) is 33.4 Å². The molecule has 0 N–H and O–H groups in total. The number of benzene rings is 2. The molecule has 0 aliphatic heterocycles. The summed E-state index contributed by atoms with van der Waals surface area (Å²) in [6.45, 7) is 13.0. The van der Waals surface area contributed by atoms with Crippen LogP contribution in [0, 0.1) is 41.5 Å². The summed E-state index contributed by atoms with van der Waals surface area (Å²) in [7, 11) is 1.81. The molecular formula is C19H25BO. The second-order valence-corrected chi connectivity index (χ2v) is 6.24. The van der Waals surface area contributed by atoms with Crippen molar-refractivity contribution in [2.45, 2.75) is 41.5 Å². The van der Waals surface area contributed by atoms with Crippen LogP contribution in [-0.2, 0) is 4.65 Å². The molecule has 2 aromatic rings. The highest BCUT2D eigenvalue weighted by molar-refractivity contribution is 6.81. The van der Waals surface area contributed by atoms with Crippen molar-refractivity contribution in [3.63, 3.8) is 0 Å². The standard InChI is InChI=1S/C19H25BO/c1-12-8-14(3)18(15(4)9-12)20(21-7)19-16(5)10-13(2)11-17(19)6/h8-11H,1-7H3. The fourth-order valence-electron chi connectivity index (χ4n) is 3.59. The number of hydrogen-bond donors (Lipinski definition) is 0. The Kier molecular flexibility index (Phi) is 4.58. The molecular weight excluding hydrogens is 255 g/mol. The van der Waals surface area contributed by atoms with Crippen LogP contribution in [0.5, 0.6) is 0 Å². The fraction of sp³-hybridized carbons (Fsp3) is 0.368. The van der Waals surface area contributed by atoms with E-state index in [0.717, 1.165) is 0 Å². The molecule has 0 atom stereocenters. The summed E-state index contributed by atoms with van der Waals surface area (Å²) < 4.78 is 5.93. The first-order valence-electron chi connectivity index (χ1n) is 7.53. The first-order chi connectivity index (χ1) is 9.85. The van der Waals surface area contributed by atoms with Crippen molar-refractivity contribution in [1.82, 2.24) is 0 Å². The van der Waals surface area contributed by atoms with Gasteiger partial charge >= 0.3 is 6.92 Å². The van der Waals surface area contributed by atoms with Gasteiger partial charge in [0.15, 0.2) is 0 Å². The Morgan fingerprint density at radius 1 is 0.619 bits per heavy atom. The molecule has 0 heterocycles. The normalized spacial score (nSPS) is 10.8. The van der Waals surface area contributed by atoms with E-state index in [1.54, 1.807) is 0 Å². The van der Waals surface area contributed by atoms with Crippen molar-refractivity contribution >= 4 is 17.8 Å². The predicted octanol–water partition coefficient (Wildman–Crippen LogP) is 3.29. The van der Waals surface area contributed by atoms with Gasteiger partial charge in [0.2, 0.25) is 0 Å². The second kappa shape index (κ2) is 6.07. The van der Waals surface area contributed by atoms with Crippen LogP contribution in [0.2, 0.25) is 0 Å². The molecule has 21 heavy (non-hydrogen) atoms. The lowest BCUT2D eigenvalue weighted by molar-refractivity contribution is 0.438. The molecule has 2 rings (SSSR count). The van der Waals surface area contributed by atoms with E-state index in [-0.39, 0.29) is 6.92 Å². The SMILES string of the molecule is COB(c1c(C)cc(C)cc1C)c1c(C)cc(C)cc1C. The molecule has 0 spiro atoms. The molecule has 0 bridgehead atoms. The molecule has 0 unspecified atom stereocenters. The average molecular weight is 280 g/mol. The van der Waals surface area contributed by atoms with Gasteiger partial charge in [0.25, 0.3) is 0 Å². The maximum Gasteiger partial charge on any atom is 0.362 e. The zero-order chi connectivity index (χ0) is 15.7. The third kappa shape index (κ3) is 3.06. The van der Waals surface area contributed by atoms with Crippen LogP contribution in [0.4, 0.5) is 0 Å². The Balaban J connectivity index is 2.66. The van der Waals surface area contributed by atoms with Gasteiger partial charge in [-0.05, 0) is 52.5 Å². The quantitative estimate of drug-likeness (QED) is 0.784. The molecule has 2 aromatic carbocycles. The molecule has 0 saturated heterocycles. The summed E-state index contributed by atoms with van der Waals surface area (Å²) in [5.41, 5.74) is 10.4. The van der Waals surface area contributed by atoms with E-state index in [1.165, 1.54) is 44.3 Å². The van der Waals surface area contributed by atoms with Crippen LogP contribution in [0.25, 0.3) is 0 Å². The summed E-state index contributed by atoms with van der Waals surface area (Å²) in [5, 5.41) is 0. The smallest absolute Gasteiger partial charge is 0.362 e. The van der Waals surface area contributed by atoms with Crippen molar-refractivity contribution in [2.24, 2.45) is 0 Å². The minimum atomic E-state index is 0.00574. The maximum absolute atomic E-state index is 5.93. The Morgan fingerprint density at radius 2 is 0.905 bits per heavy atom. The number of rotatable bonds is 3. The van der Waals surface area contributed by atoms with Gasteiger partial charge in [0.05, 0.1) is 0 Å². The van der Waals surface area contributed by atoms with Crippen molar-refractivity contribution in [3.05, 3.63) is 57.6 Å². The minimum Gasteiger partial charge on any atom is -0.430 e. The summed E-state index contributed by atoms with van der Waals surface area (Å²) >= 11 is 0. The highest BCUT2D eigenvalue weighted by Gasteiger charge is 2.27. The van der Waals surface area contributed by atoms with Gasteiger partial charge in [-0.25, -0.2) is 0 Å². The third-order valence-electron chi connectivity index (χ3n) is 4.24. The highest BCUT2D eigenvalue weighted by atomic mass is 16.4. The summed E-state index contributed by atoms with van der Waals surface area (Å²) in [4.78, 5) is 0. The molecule has 1 nitrogen and oxygen atoms in total. The van der Waals surface area contributed by atoms with E-state index in [4.69, 9.17) is 4.65 Å². The number of aryl methyl sites for hydroxylation is 6. The lowest BCUT2D eigenvalue weighted by Gasteiger charge is -2.22. The predicted molar refractivity (Wildman–Crippen MR) is 93.3 cm³/mol. The summed E-state index contributed by atoms with van der Waals surface area (Å²) in [6.07, 6.45) is 0. The highest BCUT2D eigenvalue weighted by Crippen LogP contribution is 2.12. The van der Waals surface area contributed by atoms with Crippen LogP contribution in [-0.4, -0.2) is 14.0 Å². The van der Waals surface area contributed by atoms with Gasteiger partial charge in [0.1, 0.15) is 0 Å². The zero-order valence-electron chi connectivity index (χ0n) is 14.3. The molecule has 0 aromatic heterocycles. The molecule has 0 saturated carbocycles. The lowest BCUT2D eigenvalue weighted by Crippen LogP contribution is -2.49. The van der Waals surface area contributed by atoms with Crippen LogP contribution < -0.4 is 10.9 Å². The molecule has 0 fully saturated rings. The van der Waals surface area contributed by atoms with Gasteiger partial charge in [0, 0.05) is 7.11 Å². The van der Waals surface area contributed by atoms with Gasteiger partial charge in [-0.15, -0.1) is 0 Å². The summed E-state index contributed by atoms with van der Waals surface area (Å²) in [5.74, 6) is 0. The van der Waals surface area contributed by atoms with Gasteiger partial charge in [-0.3, -0.25) is 0 Å². The average Bonchev–Trinajstić information content (AvgIpc) is 2.34. The Morgan fingerprint density at radius 3 is 1.14 bits per heavy atom. The van der Waals surface area contributed by atoms with Gasteiger partial charge < -0.3 is 4.65 Å². The van der Waals surface area contributed by atoms with Gasteiger partial charge in [-0.2, -0.15) is 0 Å². The molecule has 2 heteroatoms. The zero-order valence-corrected chi connectivity index (χ0v) is 14.3. The lowest BCUT2D eigenvalue weighted by atomic mass is 9.50. The van der Waals surface area contributed by atoms with Crippen molar-refractivity contribution in [3.8, 4) is 0 Å². The summed E-state index contributed by atoms with van der Waals surface area (Å²) in [6, 6.07) is 8.97. The molecule has 110 valence electrons. The van der Waals surface area contributed by atoms with E-state index in [9.17, 15) is 0 Å². The Labute approximate surface area is 129 Å². The topological polar surface area (TPSA) is 9.23 Å². The van der Waals surface area contributed by atoms with Crippen molar-refractivity contribution < 1.29 is 4.65 Å². The van der Waals surface area contributed by atoms with Crippen molar-refractivity contribution in [1.29, 1.82) is 0 Å². The second-order valence-electron chi connectivity index (χ2n) is 6.24. The van der Waals surface area contributed by atoms with Crippen molar-refractivity contribution in [2.75, 3.05) is 7.11 Å². The molecule has 0 amide bonds. The van der Waals surface area contributed by atoms with Crippen LogP contribution in [0.3, 0.4) is 0 Å². The molecule has 0 aliphatic carbocycles. The van der Waals surface area contributed by atoms with E-state index in [1.807, 2.05) is 7.11 Å². The van der Waals surface area contributed by atoms with Crippen LogP contribution >= 0.6 is 0 Å². The van der Waals surface area contributed by atoms with E-state index >= 15 is 0 Å². The third-order valence-corrected chi connectivity index (χ3v) is 4.24. The van der Waals surface area contributed by atoms with E-state index in [2.05, 4.69) is 65.8 Å². The molecule has 0 radical (unpaired) electrons. The van der Waals surface area contributed by atoms with Gasteiger partial charge in [-0.1, -0.05) is 57.6 Å². The largest absolute Gasteiger partial charge is 0.430 e. The Hall–Kier alpha value is -1.54. The number of hydrogen-bond acceptors (Lipinski definition) is 1. The Bertz CT molecular complexity index is 570. The monoisotopic (exact) mass is 280 g/mol. The first-order valence-corrected chi connectivity index (χ1v) is 7.53. The maximum atomic E-state index is 5.93. The first kappa shape index (κ1) is 15.8. The van der Waals surface area contributed by atoms with E-state index in [0.29, 0.717) is 0 Å². The van der Waals surface area contributed by atoms with Crippen LogP contribution in [0.15, 0.2) is 24.3 Å². The fourth-order valence-corrected chi connectivity index (χ4v) is 3.59. The minimum absolute atomic E-state index is 0.00574. The van der Waals surface area contributed by atoms with E-state index < -0.39 is 0 Å².